The second-order valence-electron chi connectivity index (χ2n) is 3.91. The van der Waals surface area contributed by atoms with Crippen LogP contribution in [0.2, 0.25) is 0 Å². The first-order valence-corrected chi connectivity index (χ1v) is 5.37. The van der Waals surface area contributed by atoms with E-state index in [1.807, 2.05) is 6.92 Å². The molecule has 2 N–H and O–H groups in total. The number of rotatable bonds is 2. The zero-order valence-corrected chi connectivity index (χ0v) is 9.31. The third-order valence-corrected chi connectivity index (χ3v) is 2.75. The molecule has 1 aromatic heterocycles. The molecule has 0 aromatic carbocycles. The van der Waals surface area contributed by atoms with Gasteiger partial charge in [0.15, 0.2) is 5.76 Å². The Balaban J connectivity index is 2.07. The van der Waals surface area contributed by atoms with Gasteiger partial charge in [0.25, 0.3) is 5.91 Å². The third kappa shape index (κ3) is 2.10. The minimum Gasteiger partial charge on any atom is -0.459 e. The van der Waals surface area contributed by atoms with E-state index in [9.17, 15) is 4.79 Å². The molecule has 88 valence electrons. The lowest BCUT2D eigenvalue weighted by molar-refractivity contribution is -0.0178. The van der Waals surface area contributed by atoms with Gasteiger partial charge in [-0.25, -0.2) is 0 Å². The summed E-state index contributed by atoms with van der Waals surface area (Å²) in [6, 6.07) is 1.79. The highest BCUT2D eigenvalue weighted by Gasteiger charge is 2.26. The summed E-state index contributed by atoms with van der Waals surface area (Å²) in [5.74, 6) is 0.335. The number of furan rings is 1. The Labute approximate surface area is 94.1 Å². The van der Waals surface area contributed by atoms with Crippen LogP contribution in [-0.4, -0.2) is 43.2 Å². The fraction of sp³-hybridized carbons (Fsp3) is 0.545. The van der Waals surface area contributed by atoms with Crippen molar-refractivity contribution in [3.8, 4) is 0 Å². The van der Waals surface area contributed by atoms with Gasteiger partial charge in [-0.15, -0.1) is 0 Å². The SMILES string of the molecule is Cc1ccoc1C(=O)N1CCOC(CN)C1. The minimum absolute atomic E-state index is 0.0621. The smallest absolute Gasteiger partial charge is 0.289 e. The minimum atomic E-state index is -0.0794. The Morgan fingerprint density at radius 3 is 3.12 bits per heavy atom. The van der Waals surface area contributed by atoms with Gasteiger partial charge in [-0.05, 0) is 13.0 Å². The number of morpholine rings is 1. The Bertz CT molecular complexity index is 375. The second kappa shape index (κ2) is 4.67. The Morgan fingerprint density at radius 1 is 1.69 bits per heavy atom. The van der Waals surface area contributed by atoms with E-state index in [1.54, 1.807) is 11.0 Å². The van der Waals surface area contributed by atoms with E-state index in [0.29, 0.717) is 32.0 Å². The third-order valence-electron chi connectivity index (χ3n) is 2.75. The molecule has 1 aromatic rings. The topological polar surface area (TPSA) is 68.7 Å². The summed E-state index contributed by atoms with van der Waals surface area (Å²) in [4.78, 5) is 13.8. The van der Waals surface area contributed by atoms with Crippen molar-refractivity contribution >= 4 is 5.91 Å². The highest BCUT2D eigenvalue weighted by atomic mass is 16.5. The molecule has 1 unspecified atom stereocenters. The summed E-state index contributed by atoms with van der Waals surface area (Å²) in [6.45, 7) is 3.96. The van der Waals surface area contributed by atoms with Crippen LogP contribution >= 0.6 is 0 Å². The molecule has 5 nitrogen and oxygen atoms in total. The van der Waals surface area contributed by atoms with Crippen LogP contribution in [0.25, 0.3) is 0 Å². The molecule has 0 radical (unpaired) electrons. The van der Waals surface area contributed by atoms with Crippen molar-refractivity contribution in [3.63, 3.8) is 0 Å². The number of carbonyl (C=O) groups excluding carboxylic acids is 1. The molecule has 0 bridgehead atoms. The van der Waals surface area contributed by atoms with Crippen molar-refractivity contribution in [2.75, 3.05) is 26.2 Å². The fourth-order valence-corrected chi connectivity index (χ4v) is 1.78. The summed E-state index contributed by atoms with van der Waals surface area (Å²) >= 11 is 0. The lowest BCUT2D eigenvalue weighted by atomic mass is 10.2. The maximum absolute atomic E-state index is 12.1. The van der Waals surface area contributed by atoms with Crippen LogP contribution in [0.5, 0.6) is 0 Å². The van der Waals surface area contributed by atoms with E-state index >= 15 is 0 Å². The molecule has 0 saturated carbocycles. The number of ether oxygens (including phenoxy) is 1. The van der Waals surface area contributed by atoms with Crippen LogP contribution in [0.3, 0.4) is 0 Å². The molecular formula is C11H16N2O3. The molecule has 1 aliphatic rings. The molecule has 2 rings (SSSR count). The lowest BCUT2D eigenvalue weighted by Crippen LogP contribution is -2.48. The Morgan fingerprint density at radius 2 is 2.50 bits per heavy atom. The maximum atomic E-state index is 12.1. The van der Waals surface area contributed by atoms with Gasteiger partial charge in [-0.3, -0.25) is 4.79 Å². The number of nitrogens with two attached hydrogens (primary N) is 1. The number of aryl methyl sites for hydroxylation is 1. The largest absolute Gasteiger partial charge is 0.459 e. The summed E-state index contributed by atoms with van der Waals surface area (Å²) in [5.41, 5.74) is 6.39. The quantitative estimate of drug-likeness (QED) is 0.789. The van der Waals surface area contributed by atoms with Crippen molar-refractivity contribution in [1.29, 1.82) is 0 Å². The van der Waals surface area contributed by atoms with E-state index in [1.165, 1.54) is 6.26 Å². The Hall–Kier alpha value is -1.33. The van der Waals surface area contributed by atoms with E-state index in [0.717, 1.165) is 5.56 Å². The van der Waals surface area contributed by atoms with Crippen molar-refractivity contribution < 1.29 is 13.9 Å². The van der Waals surface area contributed by atoms with Crippen LogP contribution in [0.4, 0.5) is 0 Å². The molecule has 16 heavy (non-hydrogen) atoms. The van der Waals surface area contributed by atoms with Crippen molar-refractivity contribution in [2.45, 2.75) is 13.0 Å². The van der Waals surface area contributed by atoms with E-state index in [4.69, 9.17) is 14.9 Å². The standard InChI is InChI=1S/C11H16N2O3/c1-8-2-4-16-10(8)11(14)13-3-5-15-9(6-12)7-13/h2,4,9H,3,5-7,12H2,1H3. The zero-order chi connectivity index (χ0) is 11.5. The molecule has 1 saturated heterocycles. The van der Waals surface area contributed by atoms with Gasteiger partial charge < -0.3 is 19.8 Å². The van der Waals surface area contributed by atoms with Crippen molar-refractivity contribution in [1.82, 2.24) is 4.90 Å². The van der Waals surface area contributed by atoms with Crippen LogP contribution in [0.1, 0.15) is 16.1 Å². The normalized spacial score (nSPS) is 21.1. The van der Waals surface area contributed by atoms with E-state index < -0.39 is 0 Å². The first kappa shape index (κ1) is 11.2. The van der Waals surface area contributed by atoms with Gasteiger partial charge >= 0.3 is 0 Å². The van der Waals surface area contributed by atoms with Gasteiger partial charge in [-0.2, -0.15) is 0 Å². The molecule has 1 atom stereocenters. The molecule has 1 aliphatic heterocycles. The molecule has 1 fully saturated rings. The van der Waals surface area contributed by atoms with Gasteiger partial charge in [0, 0.05) is 25.2 Å². The number of hydrogen-bond donors (Lipinski definition) is 1. The van der Waals surface area contributed by atoms with E-state index in [2.05, 4.69) is 0 Å². The Kier molecular flexibility index (Phi) is 3.26. The van der Waals surface area contributed by atoms with Crippen molar-refractivity contribution in [3.05, 3.63) is 23.7 Å². The lowest BCUT2D eigenvalue weighted by Gasteiger charge is -2.31. The molecule has 1 amide bonds. The number of amides is 1. The van der Waals surface area contributed by atoms with Crippen LogP contribution in [0.15, 0.2) is 16.7 Å². The number of nitrogens with zero attached hydrogens (tertiary/aromatic N) is 1. The fourth-order valence-electron chi connectivity index (χ4n) is 1.78. The van der Waals surface area contributed by atoms with Gasteiger partial charge in [0.05, 0.1) is 19.0 Å². The highest BCUT2D eigenvalue weighted by molar-refractivity contribution is 5.92. The number of hydrogen-bond acceptors (Lipinski definition) is 4. The average Bonchev–Trinajstić information content (AvgIpc) is 2.74. The highest BCUT2D eigenvalue weighted by Crippen LogP contribution is 2.14. The molecule has 0 spiro atoms. The second-order valence-corrected chi connectivity index (χ2v) is 3.91. The monoisotopic (exact) mass is 224 g/mol. The van der Waals surface area contributed by atoms with E-state index in [-0.39, 0.29) is 12.0 Å². The summed E-state index contributed by atoms with van der Waals surface area (Å²) in [6.07, 6.45) is 1.47. The maximum Gasteiger partial charge on any atom is 0.289 e. The molecular weight excluding hydrogens is 208 g/mol. The summed E-state index contributed by atoms with van der Waals surface area (Å²) < 4.78 is 10.6. The van der Waals surface area contributed by atoms with Crippen LogP contribution in [-0.2, 0) is 4.74 Å². The van der Waals surface area contributed by atoms with Crippen LogP contribution < -0.4 is 5.73 Å². The predicted octanol–water partition coefficient (Wildman–Crippen LogP) is 0.388. The first-order chi connectivity index (χ1) is 7.72. The van der Waals surface area contributed by atoms with Gasteiger partial charge in [0.1, 0.15) is 0 Å². The summed E-state index contributed by atoms with van der Waals surface area (Å²) in [7, 11) is 0. The first-order valence-electron chi connectivity index (χ1n) is 5.37. The molecule has 0 aliphatic carbocycles. The van der Waals surface area contributed by atoms with Crippen LogP contribution in [0, 0.1) is 6.92 Å². The van der Waals surface area contributed by atoms with Gasteiger partial charge in [-0.1, -0.05) is 0 Å². The average molecular weight is 224 g/mol. The predicted molar refractivity (Wildman–Crippen MR) is 58.1 cm³/mol. The summed E-state index contributed by atoms with van der Waals surface area (Å²) in [5, 5.41) is 0. The molecule has 5 heteroatoms. The van der Waals surface area contributed by atoms with Gasteiger partial charge in [0.2, 0.25) is 0 Å². The molecule has 2 heterocycles. The zero-order valence-electron chi connectivity index (χ0n) is 9.31. The van der Waals surface area contributed by atoms with Crippen molar-refractivity contribution in [2.24, 2.45) is 5.73 Å². The number of carbonyl (C=O) groups is 1.